The fourth-order valence-corrected chi connectivity index (χ4v) is 1.30. The van der Waals surface area contributed by atoms with Crippen LogP contribution in [0.15, 0.2) is 36.1 Å². The van der Waals surface area contributed by atoms with Gasteiger partial charge in [-0.2, -0.15) is 0 Å². The summed E-state index contributed by atoms with van der Waals surface area (Å²) in [5.74, 6) is 0.811. The molecule has 1 aliphatic carbocycles. The topological polar surface area (TPSA) is 29.5 Å². The normalized spacial score (nSPS) is 26.8. The van der Waals surface area contributed by atoms with Crippen LogP contribution >= 0.6 is 0 Å². The lowest BCUT2D eigenvalue weighted by Gasteiger charge is -2.10. The van der Waals surface area contributed by atoms with Crippen molar-refractivity contribution in [3.63, 3.8) is 0 Å². The first-order chi connectivity index (χ1) is 6.24. The van der Waals surface area contributed by atoms with Crippen LogP contribution in [0.5, 0.6) is 0 Å². The summed E-state index contributed by atoms with van der Waals surface area (Å²) in [6, 6.07) is 0. The Balaban J connectivity index is 2.71. The zero-order chi connectivity index (χ0) is 9.68. The number of allylic oxidation sites excluding steroid dienone is 3. The fraction of sp³-hybridized carbons (Fsp3) is 0.455. The molecule has 0 aromatic heterocycles. The van der Waals surface area contributed by atoms with Crippen LogP contribution in [0, 0.1) is 0 Å². The fourth-order valence-electron chi connectivity index (χ4n) is 1.30. The van der Waals surface area contributed by atoms with Gasteiger partial charge in [0.15, 0.2) is 0 Å². The Morgan fingerprint density at radius 2 is 2.38 bits per heavy atom. The molecule has 0 heterocycles. The Bertz CT molecular complexity index is 238. The van der Waals surface area contributed by atoms with Gasteiger partial charge in [0.25, 0.3) is 0 Å². The Labute approximate surface area is 79.2 Å². The predicted octanol–water partition coefficient (Wildman–Crippen LogP) is 2.17. The van der Waals surface area contributed by atoms with E-state index in [1.54, 1.807) is 7.11 Å². The maximum absolute atomic E-state index is 9.46. The largest absolute Gasteiger partial charge is 0.497 e. The molecular weight excluding hydrogens is 164 g/mol. The maximum atomic E-state index is 9.46. The molecule has 0 bridgehead atoms. The summed E-state index contributed by atoms with van der Waals surface area (Å²) < 4.78 is 5.16. The van der Waals surface area contributed by atoms with E-state index in [0.29, 0.717) is 6.42 Å². The van der Waals surface area contributed by atoms with E-state index < -0.39 is 0 Å². The number of rotatable bonds is 1. The van der Waals surface area contributed by atoms with Gasteiger partial charge in [-0.15, -0.1) is 0 Å². The second-order valence-electron chi connectivity index (χ2n) is 3.19. The number of aliphatic hydroxyl groups is 1. The van der Waals surface area contributed by atoms with Crippen LogP contribution in [0.25, 0.3) is 0 Å². The molecule has 0 aromatic rings. The molecule has 0 saturated carbocycles. The van der Waals surface area contributed by atoms with Gasteiger partial charge in [0.2, 0.25) is 0 Å². The van der Waals surface area contributed by atoms with Crippen LogP contribution in [0.1, 0.15) is 19.3 Å². The molecule has 2 nitrogen and oxygen atoms in total. The molecule has 0 amide bonds. The third-order valence-corrected chi connectivity index (χ3v) is 2.14. The average Bonchev–Trinajstić information content (AvgIpc) is 2.20. The molecule has 72 valence electrons. The van der Waals surface area contributed by atoms with E-state index in [1.165, 1.54) is 0 Å². The van der Waals surface area contributed by atoms with Crippen LogP contribution in [0.2, 0.25) is 0 Å². The van der Waals surface area contributed by atoms with Gasteiger partial charge in [0.1, 0.15) is 5.76 Å². The number of aliphatic hydroxyl groups excluding tert-OH is 1. The lowest BCUT2D eigenvalue weighted by atomic mass is 10.1. The second kappa shape index (κ2) is 4.87. The Morgan fingerprint density at radius 3 is 3.08 bits per heavy atom. The van der Waals surface area contributed by atoms with E-state index in [4.69, 9.17) is 4.74 Å². The van der Waals surface area contributed by atoms with E-state index >= 15 is 0 Å². The van der Waals surface area contributed by atoms with E-state index in [-0.39, 0.29) is 6.10 Å². The van der Waals surface area contributed by atoms with Gasteiger partial charge in [0, 0.05) is 0 Å². The SMILES string of the molecule is C=C1CCC(O)C/C=C\C=C1OC. The summed E-state index contributed by atoms with van der Waals surface area (Å²) in [5.41, 5.74) is 0.952. The van der Waals surface area contributed by atoms with Crippen LogP contribution in [0.3, 0.4) is 0 Å². The number of methoxy groups -OCH3 is 1. The van der Waals surface area contributed by atoms with Crippen LogP contribution in [-0.4, -0.2) is 18.3 Å². The monoisotopic (exact) mass is 180 g/mol. The molecule has 1 atom stereocenters. The molecule has 0 radical (unpaired) electrons. The lowest BCUT2D eigenvalue weighted by molar-refractivity contribution is 0.167. The Hall–Kier alpha value is -1.02. The zero-order valence-corrected chi connectivity index (χ0v) is 7.99. The molecule has 0 spiro atoms. The van der Waals surface area contributed by atoms with Gasteiger partial charge in [0.05, 0.1) is 13.2 Å². The molecule has 0 aliphatic heterocycles. The molecule has 1 aliphatic rings. The van der Waals surface area contributed by atoms with Gasteiger partial charge in [-0.25, -0.2) is 0 Å². The third-order valence-electron chi connectivity index (χ3n) is 2.14. The first kappa shape index (κ1) is 10.1. The van der Waals surface area contributed by atoms with Crippen LogP contribution in [0.4, 0.5) is 0 Å². The van der Waals surface area contributed by atoms with Gasteiger partial charge in [-0.05, 0) is 30.9 Å². The van der Waals surface area contributed by atoms with Crippen molar-refractivity contribution in [2.24, 2.45) is 0 Å². The quantitative estimate of drug-likeness (QED) is 0.670. The maximum Gasteiger partial charge on any atom is 0.121 e. The zero-order valence-electron chi connectivity index (χ0n) is 7.99. The van der Waals surface area contributed by atoms with Crippen molar-refractivity contribution in [1.82, 2.24) is 0 Å². The number of hydrogen-bond donors (Lipinski definition) is 1. The van der Waals surface area contributed by atoms with Crippen molar-refractivity contribution < 1.29 is 9.84 Å². The summed E-state index contributed by atoms with van der Waals surface area (Å²) in [5, 5.41) is 9.46. The first-order valence-electron chi connectivity index (χ1n) is 4.51. The second-order valence-corrected chi connectivity index (χ2v) is 3.19. The Kier molecular flexibility index (Phi) is 3.77. The van der Waals surface area contributed by atoms with Crippen molar-refractivity contribution in [2.75, 3.05) is 7.11 Å². The van der Waals surface area contributed by atoms with E-state index in [0.717, 1.165) is 24.2 Å². The highest BCUT2D eigenvalue weighted by Gasteiger charge is 2.08. The minimum Gasteiger partial charge on any atom is -0.497 e. The summed E-state index contributed by atoms with van der Waals surface area (Å²) >= 11 is 0. The van der Waals surface area contributed by atoms with Crippen molar-refractivity contribution in [2.45, 2.75) is 25.4 Å². The number of hydrogen-bond acceptors (Lipinski definition) is 2. The summed E-state index contributed by atoms with van der Waals surface area (Å²) in [4.78, 5) is 0. The van der Waals surface area contributed by atoms with Crippen molar-refractivity contribution in [3.8, 4) is 0 Å². The molecule has 13 heavy (non-hydrogen) atoms. The minimum atomic E-state index is -0.252. The summed E-state index contributed by atoms with van der Waals surface area (Å²) in [6.07, 6.45) is 7.74. The molecule has 0 saturated heterocycles. The van der Waals surface area contributed by atoms with Crippen LogP contribution < -0.4 is 0 Å². The van der Waals surface area contributed by atoms with E-state index in [9.17, 15) is 5.11 Å². The molecule has 2 heteroatoms. The third kappa shape index (κ3) is 3.07. The molecular formula is C11H16O2. The number of ether oxygens (including phenoxy) is 1. The van der Waals surface area contributed by atoms with Crippen molar-refractivity contribution in [3.05, 3.63) is 36.1 Å². The molecule has 0 aromatic carbocycles. The standard InChI is InChI=1S/C11H16O2/c1-9-7-8-10(12)5-3-4-6-11(9)13-2/h3-4,6,10,12H,1,5,7-8H2,2H3/b4-3-,11-6?. The highest BCUT2D eigenvalue weighted by atomic mass is 16.5. The predicted molar refractivity (Wildman–Crippen MR) is 53.2 cm³/mol. The highest BCUT2D eigenvalue weighted by Crippen LogP contribution is 2.18. The Morgan fingerprint density at radius 1 is 1.62 bits per heavy atom. The van der Waals surface area contributed by atoms with Gasteiger partial charge in [-0.3, -0.25) is 0 Å². The van der Waals surface area contributed by atoms with E-state index in [2.05, 4.69) is 6.58 Å². The van der Waals surface area contributed by atoms with Crippen molar-refractivity contribution >= 4 is 0 Å². The van der Waals surface area contributed by atoms with E-state index in [1.807, 2.05) is 18.2 Å². The molecule has 0 fully saturated rings. The lowest BCUT2D eigenvalue weighted by Crippen LogP contribution is -2.04. The smallest absolute Gasteiger partial charge is 0.121 e. The van der Waals surface area contributed by atoms with Gasteiger partial charge >= 0.3 is 0 Å². The first-order valence-corrected chi connectivity index (χ1v) is 4.51. The average molecular weight is 180 g/mol. The molecule has 1 N–H and O–H groups in total. The molecule has 1 rings (SSSR count). The van der Waals surface area contributed by atoms with Gasteiger partial charge in [-0.1, -0.05) is 18.7 Å². The van der Waals surface area contributed by atoms with Crippen molar-refractivity contribution in [1.29, 1.82) is 0 Å². The van der Waals surface area contributed by atoms with Crippen LogP contribution in [-0.2, 0) is 4.74 Å². The molecule has 1 unspecified atom stereocenters. The summed E-state index contributed by atoms with van der Waals surface area (Å²) in [6.45, 7) is 3.91. The van der Waals surface area contributed by atoms with Gasteiger partial charge < -0.3 is 9.84 Å². The highest BCUT2D eigenvalue weighted by molar-refractivity contribution is 5.27. The summed E-state index contributed by atoms with van der Waals surface area (Å²) in [7, 11) is 1.64. The minimum absolute atomic E-state index is 0.252.